The maximum Gasteiger partial charge on any atom is -0.0533 e. The van der Waals surface area contributed by atoms with E-state index in [9.17, 15) is 0 Å². The Morgan fingerprint density at radius 1 is 0.438 bits per heavy atom. The first-order chi connectivity index (χ1) is 7.91. The van der Waals surface area contributed by atoms with Gasteiger partial charge >= 0.3 is 0 Å². The summed E-state index contributed by atoms with van der Waals surface area (Å²) in [5.74, 6) is 0. The zero-order valence-electron chi connectivity index (χ0n) is 11.9. The van der Waals surface area contributed by atoms with Crippen molar-refractivity contribution in [3.05, 3.63) is 39.5 Å². The predicted molar refractivity (Wildman–Crippen MR) is 82.0 cm³/mol. The van der Waals surface area contributed by atoms with Gasteiger partial charge in [0.1, 0.15) is 0 Å². The van der Waals surface area contributed by atoms with Crippen LogP contribution in [0.2, 0.25) is 0 Å². The van der Waals surface area contributed by atoms with Gasteiger partial charge in [0.25, 0.3) is 0 Å². The van der Waals surface area contributed by atoms with Gasteiger partial charge in [0.15, 0.2) is 0 Å². The van der Waals surface area contributed by atoms with Crippen LogP contribution < -0.4 is 0 Å². The monoisotopic (exact) mass is 226 g/mol. The largest absolute Gasteiger partial charge is 0.106 e. The molecule has 0 aromatic heterocycles. The molecule has 0 aliphatic heterocycles. The summed E-state index contributed by atoms with van der Waals surface area (Å²) < 4.78 is 0. The molecule has 0 nitrogen and oxygen atoms in total. The molecular formula is C16H34. The summed E-state index contributed by atoms with van der Waals surface area (Å²) in [6.07, 6.45) is 11.5. The van der Waals surface area contributed by atoms with Gasteiger partial charge in [-0.25, -0.2) is 0 Å². The van der Waals surface area contributed by atoms with Gasteiger partial charge in [-0.1, -0.05) is 65.2 Å². The van der Waals surface area contributed by atoms with Crippen molar-refractivity contribution in [1.29, 1.82) is 0 Å². The molecule has 0 saturated heterocycles. The molecule has 0 atom stereocenters. The van der Waals surface area contributed by atoms with Gasteiger partial charge < -0.3 is 0 Å². The van der Waals surface area contributed by atoms with Crippen LogP contribution in [-0.4, -0.2) is 0 Å². The maximum atomic E-state index is 3.00. The first-order valence-electron chi connectivity index (χ1n) is 6.41. The molecule has 0 amide bonds. The Kier molecular flexibility index (Phi) is 72.8. The second kappa shape index (κ2) is 47.7. The standard InChI is InChI=1S/C10H22.3C2H4/c1-3-5-7-9-10-8-6-4-2;3*1-2/h3-10H2,1-2H3;3*1-2H2. The van der Waals surface area contributed by atoms with E-state index in [1.54, 1.807) is 0 Å². The lowest BCUT2D eigenvalue weighted by molar-refractivity contribution is 0.585. The van der Waals surface area contributed by atoms with Crippen LogP contribution in [0, 0.1) is 0 Å². The third kappa shape index (κ3) is 51.0. The van der Waals surface area contributed by atoms with E-state index in [-0.39, 0.29) is 0 Å². The van der Waals surface area contributed by atoms with Crippen LogP contribution >= 0.6 is 0 Å². The van der Waals surface area contributed by atoms with Crippen LogP contribution in [0.4, 0.5) is 0 Å². The Hall–Kier alpha value is -0.780. The summed E-state index contributed by atoms with van der Waals surface area (Å²) >= 11 is 0. The van der Waals surface area contributed by atoms with Crippen molar-refractivity contribution < 1.29 is 0 Å². The molecule has 0 fully saturated rings. The van der Waals surface area contributed by atoms with E-state index in [0.717, 1.165) is 0 Å². The van der Waals surface area contributed by atoms with E-state index in [1.807, 2.05) is 0 Å². The van der Waals surface area contributed by atoms with E-state index < -0.39 is 0 Å². The normalized spacial score (nSPS) is 7.12. The first kappa shape index (κ1) is 24.4. The minimum Gasteiger partial charge on any atom is -0.106 e. The summed E-state index contributed by atoms with van der Waals surface area (Å²) in [6.45, 7) is 22.5. The van der Waals surface area contributed by atoms with Gasteiger partial charge in [0.05, 0.1) is 0 Å². The molecule has 98 valence electrons. The topological polar surface area (TPSA) is 0 Å². The fraction of sp³-hybridized carbons (Fsp3) is 0.625. The number of rotatable bonds is 7. The van der Waals surface area contributed by atoms with Crippen molar-refractivity contribution in [1.82, 2.24) is 0 Å². The molecule has 0 aliphatic carbocycles. The first-order valence-corrected chi connectivity index (χ1v) is 6.41. The lowest BCUT2D eigenvalue weighted by atomic mass is 10.1. The van der Waals surface area contributed by atoms with Crippen molar-refractivity contribution in [2.24, 2.45) is 0 Å². The van der Waals surface area contributed by atoms with Crippen molar-refractivity contribution in [2.45, 2.75) is 65.2 Å². The summed E-state index contributed by atoms with van der Waals surface area (Å²) in [7, 11) is 0. The van der Waals surface area contributed by atoms with Crippen LogP contribution in [0.1, 0.15) is 65.2 Å². The van der Waals surface area contributed by atoms with Gasteiger partial charge in [-0.2, -0.15) is 0 Å². The van der Waals surface area contributed by atoms with Crippen molar-refractivity contribution in [3.8, 4) is 0 Å². The minimum atomic E-state index is 1.37. The molecule has 0 aromatic rings. The van der Waals surface area contributed by atoms with Crippen molar-refractivity contribution >= 4 is 0 Å². The summed E-state index contributed by atoms with van der Waals surface area (Å²) in [5, 5.41) is 0. The fourth-order valence-electron chi connectivity index (χ4n) is 1.21. The maximum absolute atomic E-state index is 3.00. The van der Waals surface area contributed by atoms with Gasteiger partial charge in [-0.15, -0.1) is 39.5 Å². The van der Waals surface area contributed by atoms with E-state index in [2.05, 4.69) is 53.3 Å². The van der Waals surface area contributed by atoms with Crippen LogP contribution in [-0.2, 0) is 0 Å². The minimum absolute atomic E-state index is 1.37. The average molecular weight is 226 g/mol. The average Bonchev–Trinajstić information content (AvgIpc) is 2.41. The quantitative estimate of drug-likeness (QED) is 0.341. The highest BCUT2D eigenvalue weighted by atomic mass is 13.9. The fourth-order valence-corrected chi connectivity index (χ4v) is 1.21. The zero-order chi connectivity index (χ0) is 13.7. The molecule has 0 aliphatic rings. The molecule has 16 heavy (non-hydrogen) atoms. The van der Waals surface area contributed by atoms with Crippen LogP contribution in [0.3, 0.4) is 0 Å². The molecule has 0 spiro atoms. The molecule has 0 rings (SSSR count). The van der Waals surface area contributed by atoms with Gasteiger partial charge in [-0.05, 0) is 0 Å². The number of hydrogen-bond acceptors (Lipinski definition) is 0. The highest BCUT2D eigenvalue weighted by Crippen LogP contribution is 2.07. The lowest BCUT2D eigenvalue weighted by Crippen LogP contribution is -1.77. The molecule has 0 N–H and O–H groups in total. The summed E-state index contributed by atoms with van der Waals surface area (Å²) in [5.41, 5.74) is 0. The van der Waals surface area contributed by atoms with E-state index in [1.165, 1.54) is 51.4 Å². The highest BCUT2D eigenvalue weighted by Gasteiger charge is 1.87. The van der Waals surface area contributed by atoms with Crippen LogP contribution in [0.5, 0.6) is 0 Å². The smallest absolute Gasteiger partial charge is 0.0533 e. The Balaban J connectivity index is -0.000000103. The number of hydrogen-bond donors (Lipinski definition) is 0. The molecule has 0 saturated carbocycles. The SMILES string of the molecule is C=C.C=C.C=C.CCCCCCCCCC. The van der Waals surface area contributed by atoms with Crippen LogP contribution in [0.15, 0.2) is 39.5 Å². The molecule has 0 radical (unpaired) electrons. The molecular weight excluding hydrogens is 192 g/mol. The molecule has 0 aromatic carbocycles. The molecule has 0 bridgehead atoms. The third-order valence-corrected chi connectivity index (χ3v) is 1.96. The second-order valence-electron chi connectivity index (χ2n) is 3.12. The Labute approximate surface area is 105 Å². The van der Waals surface area contributed by atoms with Gasteiger partial charge in [0, 0.05) is 0 Å². The van der Waals surface area contributed by atoms with Gasteiger partial charge in [-0.3, -0.25) is 0 Å². The predicted octanol–water partition coefficient (Wildman–Crippen LogP) is 6.55. The number of unbranched alkanes of at least 4 members (excludes halogenated alkanes) is 7. The van der Waals surface area contributed by atoms with E-state index >= 15 is 0 Å². The highest BCUT2D eigenvalue weighted by molar-refractivity contribution is 4.43. The molecule has 0 heteroatoms. The Bertz CT molecular complexity index is 63.4. The van der Waals surface area contributed by atoms with E-state index in [0.29, 0.717) is 0 Å². The second-order valence-corrected chi connectivity index (χ2v) is 3.12. The summed E-state index contributed by atoms with van der Waals surface area (Å²) in [6, 6.07) is 0. The van der Waals surface area contributed by atoms with Crippen LogP contribution in [0.25, 0.3) is 0 Å². The molecule has 0 heterocycles. The zero-order valence-corrected chi connectivity index (χ0v) is 11.9. The summed E-state index contributed by atoms with van der Waals surface area (Å²) in [4.78, 5) is 0. The molecule has 0 unspecified atom stereocenters. The Morgan fingerprint density at radius 3 is 0.812 bits per heavy atom. The van der Waals surface area contributed by atoms with Gasteiger partial charge in [0.2, 0.25) is 0 Å². The van der Waals surface area contributed by atoms with Crippen molar-refractivity contribution in [2.75, 3.05) is 0 Å². The lowest BCUT2D eigenvalue weighted by Gasteiger charge is -1.97. The Morgan fingerprint density at radius 2 is 0.625 bits per heavy atom. The van der Waals surface area contributed by atoms with Crippen molar-refractivity contribution in [3.63, 3.8) is 0 Å². The van der Waals surface area contributed by atoms with E-state index in [4.69, 9.17) is 0 Å². The third-order valence-electron chi connectivity index (χ3n) is 1.96.